The molecule has 7 heteroatoms. The zero-order valence-electron chi connectivity index (χ0n) is 22.9. The summed E-state index contributed by atoms with van der Waals surface area (Å²) in [6.07, 6.45) is 2.39. The highest BCUT2D eigenvalue weighted by Crippen LogP contribution is 2.63. The van der Waals surface area contributed by atoms with Crippen LogP contribution in [-0.2, 0) is 14.3 Å². The van der Waals surface area contributed by atoms with Crippen molar-refractivity contribution in [2.75, 3.05) is 0 Å². The van der Waals surface area contributed by atoms with Crippen LogP contribution < -0.4 is 5.32 Å². The highest BCUT2D eigenvalue weighted by molar-refractivity contribution is 5.78. The third-order valence-corrected chi connectivity index (χ3v) is 9.89. The van der Waals surface area contributed by atoms with Gasteiger partial charge in [-0.25, -0.2) is 9.59 Å². The maximum Gasteiger partial charge on any atom is 0.407 e. The van der Waals surface area contributed by atoms with Gasteiger partial charge < -0.3 is 25.0 Å². The number of amides is 1. The molecule has 1 aliphatic heterocycles. The molecule has 0 bridgehead atoms. The number of allylic oxidation sites excluding steroid dienone is 2. The summed E-state index contributed by atoms with van der Waals surface area (Å²) in [5, 5.41) is 25.8. The van der Waals surface area contributed by atoms with E-state index in [9.17, 15) is 19.8 Å². The van der Waals surface area contributed by atoms with Crippen LogP contribution in [0.4, 0.5) is 4.79 Å². The molecule has 10 unspecified atom stereocenters. The number of ether oxygens (including phenoxy) is 2. The molecule has 4 aliphatic rings. The summed E-state index contributed by atoms with van der Waals surface area (Å²) in [6.45, 7) is 18.8. The molecule has 36 heavy (non-hydrogen) atoms. The van der Waals surface area contributed by atoms with Gasteiger partial charge in [0.15, 0.2) is 6.10 Å². The minimum Gasteiger partial charge on any atom is -0.460 e. The minimum absolute atomic E-state index is 0.00504. The summed E-state index contributed by atoms with van der Waals surface area (Å²) in [5.74, 6) is -0.471. The van der Waals surface area contributed by atoms with E-state index in [0.717, 1.165) is 19.3 Å². The number of rotatable bonds is 3. The molecule has 1 amide bonds. The van der Waals surface area contributed by atoms with E-state index in [1.807, 2.05) is 13.8 Å². The van der Waals surface area contributed by atoms with E-state index in [4.69, 9.17) is 9.47 Å². The lowest BCUT2D eigenvalue weighted by Crippen LogP contribution is -2.63. The van der Waals surface area contributed by atoms with E-state index in [1.54, 1.807) is 6.92 Å². The zero-order valence-corrected chi connectivity index (χ0v) is 22.9. The monoisotopic (exact) mass is 503 g/mol. The van der Waals surface area contributed by atoms with Gasteiger partial charge in [0.1, 0.15) is 17.8 Å². The van der Waals surface area contributed by atoms with Crippen molar-refractivity contribution in [1.82, 2.24) is 5.32 Å². The fourth-order valence-electron chi connectivity index (χ4n) is 8.13. The number of aliphatic hydroxyl groups excluding tert-OH is 1. The fraction of sp³-hybridized carbons (Fsp3) is 0.793. The molecule has 1 heterocycles. The van der Waals surface area contributed by atoms with Gasteiger partial charge in [-0.1, -0.05) is 39.0 Å². The highest BCUT2D eigenvalue weighted by Gasteiger charge is 2.62. The summed E-state index contributed by atoms with van der Waals surface area (Å²) in [7, 11) is 0. The molecule has 0 aromatic heterocycles. The number of hydrogen-bond acceptors (Lipinski definition) is 6. The summed E-state index contributed by atoms with van der Waals surface area (Å²) < 4.78 is 11.4. The minimum atomic E-state index is -1.73. The third kappa shape index (κ3) is 4.30. The second-order valence-electron chi connectivity index (χ2n) is 12.9. The second kappa shape index (κ2) is 9.46. The second-order valence-corrected chi connectivity index (χ2v) is 12.9. The first-order chi connectivity index (χ1) is 16.7. The number of esters is 1. The summed E-state index contributed by atoms with van der Waals surface area (Å²) in [6, 6.07) is 0.00504. The molecule has 3 N–H and O–H groups in total. The van der Waals surface area contributed by atoms with Gasteiger partial charge >= 0.3 is 12.1 Å². The molecule has 0 aromatic rings. The molecule has 0 aromatic carbocycles. The molecule has 3 aliphatic carbocycles. The van der Waals surface area contributed by atoms with Crippen LogP contribution in [0.3, 0.4) is 0 Å². The molecule has 10 atom stereocenters. The highest BCUT2D eigenvalue weighted by atomic mass is 16.6. The van der Waals surface area contributed by atoms with Gasteiger partial charge in [-0.05, 0) is 88.0 Å². The van der Waals surface area contributed by atoms with Crippen molar-refractivity contribution in [3.8, 4) is 0 Å². The van der Waals surface area contributed by atoms with E-state index in [2.05, 4.69) is 45.7 Å². The lowest BCUT2D eigenvalue weighted by Gasteiger charge is -2.54. The first-order valence-corrected chi connectivity index (χ1v) is 13.6. The lowest BCUT2D eigenvalue weighted by molar-refractivity contribution is -0.209. The molecule has 202 valence electrons. The van der Waals surface area contributed by atoms with Crippen LogP contribution in [0.15, 0.2) is 23.8 Å². The van der Waals surface area contributed by atoms with Crippen LogP contribution in [0, 0.1) is 40.9 Å². The topological polar surface area (TPSA) is 105 Å². The first kappa shape index (κ1) is 27.2. The van der Waals surface area contributed by atoms with Gasteiger partial charge in [0.25, 0.3) is 0 Å². The SMILES string of the molecule is C=C1C2CC3C(C(C)C)C(OC(=O)NC(C)C)CC3(C)CC2/C(C)=C\CC2C(C)OC(=O)C(O)C12O. The van der Waals surface area contributed by atoms with Gasteiger partial charge in [0.05, 0.1) is 0 Å². The number of carbonyl (C=O) groups is 2. The Morgan fingerprint density at radius 1 is 1.22 bits per heavy atom. The van der Waals surface area contributed by atoms with E-state index in [1.165, 1.54) is 5.57 Å². The van der Waals surface area contributed by atoms with Gasteiger partial charge in [-0.15, -0.1) is 0 Å². The van der Waals surface area contributed by atoms with Crippen molar-refractivity contribution in [2.45, 2.75) is 104 Å². The van der Waals surface area contributed by atoms with Crippen molar-refractivity contribution in [1.29, 1.82) is 0 Å². The van der Waals surface area contributed by atoms with Gasteiger partial charge in [0, 0.05) is 17.9 Å². The standard InChI is InChI=1S/C29H45NO6/c1-14(2)24-22-11-19-17(6)29(34)21(18(7)35-26(32)25(29)31)10-9-16(5)20(19)12-28(22,8)13-23(24)36-27(33)30-15(3)4/h9,14-15,18-25,31,34H,6,10-13H2,1-5,7-8H3,(H,30,33)/b16-9-. The van der Waals surface area contributed by atoms with Gasteiger partial charge in [-0.2, -0.15) is 0 Å². The number of fused-ring (bicyclic) bond motifs is 3. The molecule has 1 saturated heterocycles. The Hall–Kier alpha value is -1.86. The van der Waals surface area contributed by atoms with Crippen LogP contribution in [0.1, 0.15) is 74.1 Å². The van der Waals surface area contributed by atoms with Crippen molar-refractivity contribution >= 4 is 12.1 Å². The number of alkyl carbamates (subject to hydrolysis) is 1. The van der Waals surface area contributed by atoms with Crippen LogP contribution in [-0.4, -0.2) is 52.2 Å². The third-order valence-electron chi connectivity index (χ3n) is 9.89. The molecule has 7 nitrogen and oxygen atoms in total. The Morgan fingerprint density at radius 2 is 1.89 bits per heavy atom. The fourth-order valence-corrected chi connectivity index (χ4v) is 8.13. The number of hydrogen-bond donors (Lipinski definition) is 3. The number of nitrogens with one attached hydrogen (secondary N) is 1. The maximum atomic E-state index is 12.6. The normalized spacial score (nSPS) is 46.0. The Kier molecular flexibility index (Phi) is 7.15. The number of aliphatic hydroxyl groups is 2. The quantitative estimate of drug-likeness (QED) is 0.390. The predicted molar refractivity (Wildman–Crippen MR) is 137 cm³/mol. The van der Waals surface area contributed by atoms with Crippen LogP contribution in [0.2, 0.25) is 0 Å². The Bertz CT molecular complexity index is 942. The number of cyclic esters (lactones) is 1. The van der Waals surface area contributed by atoms with E-state index in [-0.39, 0.29) is 47.3 Å². The lowest BCUT2D eigenvalue weighted by atomic mass is 9.53. The summed E-state index contributed by atoms with van der Waals surface area (Å²) >= 11 is 0. The number of carbonyl (C=O) groups excluding carboxylic acids is 2. The molecule has 3 fully saturated rings. The first-order valence-electron chi connectivity index (χ1n) is 13.6. The van der Waals surface area contributed by atoms with Crippen LogP contribution >= 0.6 is 0 Å². The Labute approximate surface area is 215 Å². The van der Waals surface area contributed by atoms with E-state index < -0.39 is 29.7 Å². The maximum absolute atomic E-state index is 12.6. The molecule has 0 radical (unpaired) electrons. The average molecular weight is 504 g/mol. The van der Waals surface area contributed by atoms with Gasteiger partial charge in [0.2, 0.25) is 0 Å². The van der Waals surface area contributed by atoms with E-state index >= 15 is 0 Å². The Balaban J connectivity index is 1.70. The van der Waals surface area contributed by atoms with Crippen molar-refractivity contribution in [3.05, 3.63) is 23.8 Å². The smallest absolute Gasteiger partial charge is 0.407 e. The molecular weight excluding hydrogens is 458 g/mol. The van der Waals surface area contributed by atoms with Crippen molar-refractivity contribution in [2.24, 2.45) is 40.9 Å². The summed E-state index contributed by atoms with van der Waals surface area (Å²) in [4.78, 5) is 25.1. The largest absolute Gasteiger partial charge is 0.460 e. The van der Waals surface area contributed by atoms with Crippen LogP contribution in [0.5, 0.6) is 0 Å². The van der Waals surface area contributed by atoms with E-state index in [0.29, 0.717) is 17.9 Å². The van der Waals surface area contributed by atoms with Crippen LogP contribution in [0.25, 0.3) is 0 Å². The molecule has 2 saturated carbocycles. The molecule has 4 rings (SSSR count). The predicted octanol–water partition coefficient (Wildman–Crippen LogP) is 4.37. The van der Waals surface area contributed by atoms with Gasteiger partial charge in [-0.3, -0.25) is 0 Å². The Morgan fingerprint density at radius 3 is 2.50 bits per heavy atom. The molecule has 0 spiro atoms. The van der Waals surface area contributed by atoms with Crippen molar-refractivity contribution < 1.29 is 29.3 Å². The average Bonchev–Trinajstić information content (AvgIpc) is 3.05. The molecular formula is C29H45NO6. The summed E-state index contributed by atoms with van der Waals surface area (Å²) in [5.41, 5.74) is 0.0333. The van der Waals surface area contributed by atoms with Crippen molar-refractivity contribution in [3.63, 3.8) is 0 Å². The zero-order chi connectivity index (χ0) is 26.7.